The molecule has 88 valence electrons. The van der Waals surface area contributed by atoms with Crippen molar-refractivity contribution in [2.45, 2.75) is 19.9 Å². The first-order valence-electron chi connectivity index (χ1n) is 5.21. The molecule has 5 nitrogen and oxygen atoms in total. The highest BCUT2D eigenvalue weighted by molar-refractivity contribution is 5.81. The number of hydrogen-bond acceptors (Lipinski definition) is 4. The normalized spacial score (nSPS) is 10.2. The molecule has 0 saturated heterocycles. The first-order valence-corrected chi connectivity index (χ1v) is 5.21. The summed E-state index contributed by atoms with van der Waals surface area (Å²) in [5, 5.41) is 2.82. The van der Waals surface area contributed by atoms with E-state index in [1.54, 1.807) is 23.2 Å². The predicted octanol–water partition coefficient (Wildman–Crippen LogP) is 0.625. The maximum absolute atomic E-state index is 11.5. The van der Waals surface area contributed by atoms with E-state index in [0.717, 1.165) is 5.82 Å². The Kier molecular flexibility index (Phi) is 4.10. The molecule has 0 unspecified atom stereocenters. The molecule has 0 aromatic carbocycles. The van der Waals surface area contributed by atoms with Gasteiger partial charge in [-0.2, -0.15) is 0 Å². The molecule has 1 aromatic rings. The van der Waals surface area contributed by atoms with Gasteiger partial charge in [0, 0.05) is 13.1 Å². The smallest absolute Gasteiger partial charge is 0.239 e. The van der Waals surface area contributed by atoms with Gasteiger partial charge in [0.15, 0.2) is 0 Å². The van der Waals surface area contributed by atoms with Crippen LogP contribution in [0.25, 0.3) is 0 Å². The molecular weight excluding hydrogens is 204 g/mol. The minimum atomic E-state index is -0.0175. The maximum atomic E-state index is 11.5. The third kappa shape index (κ3) is 3.76. The molecule has 1 amide bonds. The summed E-state index contributed by atoms with van der Waals surface area (Å²) in [6.07, 6.45) is 1.58. The number of amides is 1. The average molecular weight is 222 g/mol. The van der Waals surface area contributed by atoms with Crippen molar-refractivity contribution in [3.05, 3.63) is 18.3 Å². The van der Waals surface area contributed by atoms with Crippen LogP contribution in [0.4, 0.5) is 11.5 Å². The molecule has 0 aliphatic rings. The summed E-state index contributed by atoms with van der Waals surface area (Å²) >= 11 is 0. The van der Waals surface area contributed by atoms with Gasteiger partial charge in [-0.05, 0) is 26.0 Å². The van der Waals surface area contributed by atoms with E-state index in [4.69, 9.17) is 5.73 Å². The number of nitrogens with zero attached hydrogens (tertiary/aromatic N) is 2. The third-order valence-corrected chi connectivity index (χ3v) is 1.99. The molecule has 0 bridgehead atoms. The van der Waals surface area contributed by atoms with Crippen molar-refractivity contribution >= 4 is 17.4 Å². The van der Waals surface area contributed by atoms with E-state index in [1.165, 1.54) is 0 Å². The second kappa shape index (κ2) is 5.34. The Morgan fingerprint density at radius 2 is 2.25 bits per heavy atom. The molecule has 0 aliphatic carbocycles. The Labute approximate surface area is 95.7 Å². The zero-order valence-corrected chi connectivity index (χ0v) is 9.90. The number of likely N-dealkylation sites (N-methyl/N-ethyl adjacent to an activating group) is 1. The van der Waals surface area contributed by atoms with Crippen molar-refractivity contribution in [3.8, 4) is 0 Å². The average Bonchev–Trinajstić information content (AvgIpc) is 2.16. The van der Waals surface area contributed by atoms with Gasteiger partial charge in [0.25, 0.3) is 0 Å². The highest BCUT2D eigenvalue weighted by atomic mass is 16.2. The summed E-state index contributed by atoms with van der Waals surface area (Å²) in [7, 11) is 1.82. The minimum Gasteiger partial charge on any atom is -0.397 e. The summed E-state index contributed by atoms with van der Waals surface area (Å²) in [5.74, 6) is 0.712. The van der Waals surface area contributed by atoms with Crippen LogP contribution in [0.5, 0.6) is 0 Å². The van der Waals surface area contributed by atoms with E-state index in [1.807, 2.05) is 20.9 Å². The van der Waals surface area contributed by atoms with Crippen molar-refractivity contribution in [3.63, 3.8) is 0 Å². The fourth-order valence-corrected chi connectivity index (χ4v) is 1.29. The first kappa shape index (κ1) is 12.3. The number of anilines is 2. The van der Waals surface area contributed by atoms with Gasteiger partial charge in [-0.1, -0.05) is 0 Å². The summed E-state index contributed by atoms with van der Waals surface area (Å²) in [5.41, 5.74) is 6.15. The quantitative estimate of drug-likeness (QED) is 0.783. The number of aromatic nitrogens is 1. The fraction of sp³-hybridized carbons (Fsp3) is 0.455. The molecule has 5 heteroatoms. The lowest BCUT2D eigenvalue weighted by Crippen LogP contribution is -2.38. The Morgan fingerprint density at radius 1 is 1.56 bits per heavy atom. The monoisotopic (exact) mass is 222 g/mol. The number of carbonyl (C=O) groups excluding carboxylic acids is 1. The minimum absolute atomic E-state index is 0.0175. The number of nitrogens with two attached hydrogens (primary N) is 1. The largest absolute Gasteiger partial charge is 0.397 e. The first-order chi connectivity index (χ1) is 7.49. The number of rotatable bonds is 4. The van der Waals surface area contributed by atoms with Crippen LogP contribution in [0.15, 0.2) is 18.3 Å². The number of pyridine rings is 1. The van der Waals surface area contributed by atoms with Gasteiger partial charge in [-0.15, -0.1) is 0 Å². The molecule has 3 N–H and O–H groups in total. The van der Waals surface area contributed by atoms with Gasteiger partial charge >= 0.3 is 0 Å². The molecule has 0 saturated carbocycles. The SMILES string of the molecule is CC(C)NC(=O)CN(C)c1ccc(N)cn1. The van der Waals surface area contributed by atoms with Crippen LogP contribution in [-0.2, 0) is 4.79 Å². The van der Waals surface area contributed by atoms with Crippen molar-refractivity contribution in [1.29, 1.82) is 0 Å². The van der Waals surface area contributed by atoms with Crippen LogP contribution in [0.2, 0.25) is 0 Å². The van der Waals surface area contributed by atoms with Crippen molar-refractivity contribution < 1.29 is 4.79 Å². The van der Waals surface area contributed by atoms with E-state index in [2.05, 4.69) is 10.3 Å². The lowest BCUT2D eigenvalue weighted by molar-refractivity contribution is -0.120. The topological polar surface area (TPSA) is 71.2 Å². The summed E-state index contributed by atoms with van der Waals surface area (Å²) in [6.45, 7) is 4.15. The highest BCUT2D eigenvalue weighted by Gasteiger charge is 2.08. The lowest BCUT2D eigenvalue weighted by Gasteiger charge is -2.18. The summed E-state index contributed by atoms with van der Waals surface area (Å²) < 4.78 is 0. The molecule has 1 heterocycles. The molecule has 0 aliphatic heterocycles. The van der Waals surface area contributed by atoms with Gasteiger partial charge < -0.3 is 16.0 Å². The Balaban J connectivity index is 2.55. The van der Waals surface area contributed by atoms with Gasteiger partial charge in [0.05, 0.1) is 18.4 Å². The van der Waals surface area contributed by atoms with Crippen LogP contribution in [0, 0.1) is 0 Å². The second-order valence-corrected chi connectivity index (χ2v) is 4.03. The van der Waals surface area contributed by atoms with Gasteiger partial charge in [0.1, 0.15) is 5.82 Å². The van der Waals surface area contributed by atoms with Gasteiger partial charge in [0.2, 0.25) is 5.91 Å². The predicted molar refractivity (Wildman–Crippen MR) is 65.2 cm³/mol. The van der Waals surface area contributed by atoms with Crippen LogP contribution < -0.4 is 16.0 Å². The zero-order valence-electron chi connectivity index (χ0n) is 9.90. The number of nitrogen functional groups attached to an aromatic ring is 1. The number of nitrogens with one attached hydrogen (secondary N) is 1. The van der Waals surface area contributed by atoms with Crippen LogP contribution >= 0.6 is 0 Å². The molecule has 1 aromatic heterocycles. The fourth-order valence-electron chi connectivity index (χ4n) is 1.29. The van der Waals surface area contributed by atoms with Crippen LogP contribution in [0.3, 0.4) is 0 Å². The summed E-state index contributed by atoms with van der Waals surface area (Å²) in [6, 6.07) is 3.71. The van der Waals surface area contributed by atoms with E-state index in [9.17, 15) is 4.79 Å². The summed E-state index contributed by atoms with van der Waals surface area (Å²) in [4.78, 5) is 17.4. The zero-order chi connectivity index (χ0) is 12.1. The van der Waals surface area contributed by atoms with Crippen LogP contribution in [0.1, 0.15) is 13.8 Å². The number of hydrogen-bond donors (Lipinski definition) is 2. The lowest BCUT2D eigenvalue weighted by atomic mass is 10.3. The van der Waals surface area contributed by atoms with Crippen LogP contribution in [-0.4, -0.2) is 30.5 Å². The molecule has 0 spiro atoms. The molecule has 0 atom stereocenters. The van der Waals surface area contributed by atoms with Crippen molar-refractivity contribution in [2.75, 3.05) is 24.2 Å². The van der Waals surface area contributed by atoms with Gasteiger partial charge in [-0.25, -0.2) is 4.98 Å². The molecule has 16 heavy (non-hydrogen) atoms. The highest BCUT2D eigenvalue weighted by Crippen LogP contribution is 2.09. The van der Waals surface area contributed by atoms with E-state index in [-0.39, 0.29) is 18.5 Å². The van der Waals surface area contributed by atoms with Crippen molar-refractivity contribution in [1.82, 2.24) is 10.3 Å². The van der Waals surface area contributed by atoms with Gasteiger partial charge in [-0.3, -0.25) is 4.79 Å². The third-order valence-electron chi connectivity index (χ3n) is 1.99. The molecular formula is C11H18N4O. The Bertz CT molecular complexity index is 348. The molecule has 1 rings (SSSR count). The van der Waals surface area contributed by atoms with E-state index in [0.29, 0.717) is 5.69 Å². The number of carbonyl (C=O) groups is 1. The Morgan fingerprint density at radius 3 is 2.75 bits per heavy atom. The Hall–Kier alpha value is -1.78. The van der Waals surface area contributed by atoms with E-state index < -0.39 is 0 Å². The standard InChI is InChI=1S/C11H18N4O/c1-8(2)14-11(16)7-15(3)10-5-4-9(12)6-13-10/h4-6,8H,7,12H2,1-3H3,(H,14,16). The molecule has 0 radical (unpaired) electrons. The van der Waals surface area contributed by atoms with Crippen molar-refractivity contribution in [2.24, 2.45) is 0 Å². The molecule has 0 fully saturated rings. The second-order valence-electron chi connectivity index (χ2n) is 4.03. The maximum Gasteiger partial charge on any atom is 0.239 e. The van der Waals surface area contributed by atoms with E-state index >= 15 is 0 Å².